The number of aryl methyl sites for hydroxylation is 3. The van der Waals surface area contributed by atoms with Gasteiger partial charge < -0.3 is 0 Å². The van der Waals surface area contributed by atoms with Crippen LogP contribution in [0.5, 0.6) is 0 Å². The van der Waals surface area contributed by atoms with Crippen molar-refractivity contribution in [3.8, 4) is 0 Å². The molecule has 0 nitrogen and oxygen atoms in total. The normalized spacial score (nSPS) is 16.9. The molecule has 2 rings (SSSR count). The molecule has 1 aliphatic carbocycles. The summed E-state index contributed by atoms with van der Waals surface area (Å²) in [5.74, 6) is 0.958. The average Bonchev–Trinajstić information content (AvgIpc) is 2.68. The standard InChI is InChI=1S/C16H23/c1-12-10-13(2)16(14(3)11-12)9-8-15-6-4-5-7-15/h9-11,15H,4-8H2,1-3H3. The van der Waals surface area contributed by atoms with Gasteiger partial charge >= 0.3 is 0 Å². The van der Waals surface area contributed by atoms with Crippen LogP contribution in [0.2, 0.25) is 0 Å². The highest BCUT2D eigenvalue weighted by Gasteiger charge is 2.15. The lowest BCUT2D eigenvalue weighted by molar-refractivity contribution is 0.544. The smallest absolute Gasteiger partial charge is 0.00849 e. The second-order valence-electron chi connectivity index (χ2n) is 5.40. The fourth-order valence-corrected chi connectivity index (χ4v) is 3.04. The Morgan fingerprint density at radius 1 is 1.06 bits per heavy atom. The van der Waals surface area contributed by atoms with Crippen LogP contribution in [0.25, 0.3) is 0 Å². The zero-order valence-electron chi connectivity index (χ0n) is 10.8. The van der Waals surface area contributed by atoms with Crippen LogP contribution in [0.1, 0.15) is 54.4 Å². The van der Waals surface area contributed by atoms with Crippen LogP contribution in [-0.4, -0.2) is 0 Å². The molecule has 0 heteroatoms. The van der Waals surface area contributed by atoms with E-state index in [9.17, 15) is 0 Å². The Bertz CT molecular complexity index is 333. The maximum absolute atomic E-state index is 2.47. The summed E-state index contributed by atoms with van der Waals surface area (Å²) in [6.07, 6.45) is 9.54. The monoisotopic (exact) mass is 215 g/mol. The van der Waals surface area contributed by atoms with Gasteiger partial charge in [0.05, 0.1) is 0 Å². The van der Waals surface area contributed by atoms with E-state index in [4.69, 9.17) is 0 Å². The van der Waals surface area contributed by atoms with Crippen LogP contribution >= 0.6 is 0 Å². The minimum atomic E-state index is 0.958. The molecule has 0 bridgehead atoms. The van der Waals surface area contributed by atoms with Gasteiger partial charge in [-0.1, -0.05) is 43.4 Å². The van der Waals surface area contributed by atoms with E-state index in [1.54, 1.807) is 0 Å². The molecule has 1 aliphatic rings. The molecular formula is C16H23. The Balaban J connectivity index is 2.03. The second kappa shape index (κ2) is 5.03. The molecule has 0 aromatic heterocycles. The van der Waals surface area contributed by atoms with Gasteiger partial charge in [-0.25, -0.2) is 0 Å². The lowest BCUT2D eigenvalue weighted by Crippen LogP contribution is -1.98. The SMILES string of the molecule is Cc1cc(C)c([CH]CC2CCCC2)c(C)c1. The summed E-state index contributed by atoms with van der Waals surface area (Å²) in [6, 6.07) is 4.60. The zero-order chi connectivity index (χ0) is 11.5. The Morgan fingerprint density at radius 2 is 1.62 bits per heavy atom. The quantitative estimate of drug-likeness (QED) is 0.683. The van der Waals surface area contributed by atoms with Crippen LogP contribution in [0.4, 0.5) is 0 Å². The molecule has 1 radical (unpaired) electrons. The van der Waals surface area contributed by atoms with Crippen LogP contribution in [0, 0.1) is 33.1 Å². The van der Waals surface area contributed by atoms with Gasteiger partial charge in [-0.3, -0.25) is 0 Å². The topological polar surface area (TPSA) is 0 Å². The van der Waals surface area contributed by atoms with Crippen molar-refractivity contribution in [3.05, 3.63) is 40.8 Å². The lowest BCUT2D eigenvalue weighted by Gasteiger charge is -2.13. The Labute approximate surface area is 100 Å². The van der Waals surface area contributed by atoms with Crippen LogP contribution < -0.4 is 0 Å². The van der Waals surface area contributed by atoms with E-state index >= 15 is 0 Å². The third-order valence-electron chi connectivity index (χ3n) is 3.87. The van der Waals surface area contributed by atoms with E-state index in [-0.39, 0.29) is 0 Å². The summed E-state index contributed by atoms with van der Waals surface area (Å²) in [5, 5.41) is 0. The molecule has 0 unspecified atom stereocenters. The number of rotatable bonds is 3. The summed E-state index contributed by atoms with van der Waals surface area (Å²) in [5.41, 5.74) is 5.75. The lowest BCUT2D eigenvalue weighted by atomic mass is 9.92. The molecular weight excluding hydrogens is 192 g/mol. The van der Waals surface area contributed by atoms with E-state index in [1.807, 2.05) is 0 Å². The van der Waals surface area contributed by atoms with E-state index < -0.39 is 0 Å². The van der Waals surface area contributed by atoms with Gasteiger partial charge in [-0.05, 0) is 56.2 Å². The molecule has 87 valence electrons. The first-order chi connectivity index (χ1) is 7.66. The Hall–Kier alpha value is -0.780. The first-order valence-electron chi connectivity index (χ1n) is 6.58. The van der Waals surface area contributed by atoms with Crippen LogP contribution in [-0.2, 0) is 0 Å². The van der Waals surface area contributed by atoms with Gasteiger partial charge in [-0.15, -0.1) is 0 Å². The predicted octanol–water partition coefficient (Wildman–Crippen LogP) is 4.74. The van der Waals surface area contributed by atoms with Crippen LogP contribution in [0.3, 0.4) is 0 Å². The average molecular weight is 215 g/mol. The van der Waals surface area contributed by atoms with Crippen molar-refractivity contribution in [1.82, 2.24) is 0 Å². The molecule has 1 saturated carbocycles. The molecule has 0 amide bonds. The van der Waals surface area contributed by atoms with E-state index in [1.165, 1.54) is 54.4 Å². The highest BCUT2D eigenvalue weighted by molar-refractivity contribution is 5.41. The predicted molar refractivity (Wildman–Crippen MR) is 70.6 cm³/mol. The van der Waals surface area contributed by atoms with Crippen molar-refractivity contribution in [2.75, 3.05) is 0 Å². The third-order valence-corrected chi connectivity index (χ3v) is 3.87. The molecule has 0 saturated heterocycles. The van der Waals surface area contributed by atoms with Gasteiger partial charge in [0.2, 0.25) is 0 Å². The molecule has 0 N–H and O–H groups in total. The molecule has 0 heterocycles. The summed E-state index contributed by atoms with van der Waals surface area (Å²) < 4.78 is 0. The molecule has 0 aliphatic heterocycles. The van der Waals surface area contributed by atoms with Crippen molar-refractivity contribution < 1.29 is 0 Å². The molecule has 0 spiro atoms. The summed E-state index contributed by atoms with van der Waals surface area (Å²) >= 11 is 0. The van der Waals surface area contributed by atoms with Gasteiger partial charge in [0, 0.05) is 0 Å². The molecule has 16 heavy (non-hydrogen) atoms. The minimum Gasteiger partial charge on any atom is -0.0561 e. The van der Waals surface area contributed by atoms with E-state index in [0.29, 0.717) is 0 Å². The largest absolute Gasteiger partial charge is 0.0561 e. The number of hydrogen-bond donors (Lipinski definition) is 0. The van der Waals surface area contributed by atoms with Crippen LogP contribution in [0.15, 0.2) is 12.1 Å². The van der Waals surface area contributed by atoms with Gasteiger partial charge in [0.15, 0.2) is 0 Å². The Kier molecular flexibility index (Phi) is 3.68. The molecule has 1 aromatic carbocycles. The molecule has 0 atom stereocenters. The fourth-order valence-electron chi connectivity index (χ4n) is 3.04. The first-order valence-corrected chi connectivity index (χ1v) is 6.58. The summed E-state index contributed by atoms with van der Waals surface area (Å²) in [4.78, 5) is 0. The zero-order valence-corrected chi connectivity index (χ0v) is 10.8. The number of hydrogen-bond acceptors (Lipinski definition) is 0. The Morgan fingerprint density at radius 3 is 2.19 bits per heavy atom. The minimum absolute atomic E-state index is 0.958. The van der Waals surface area contributed by atoms with Crippen molar-refractivity contribution in [1.29, 1.82) is 0 Å². The van der Waals surface area contributed by atoms with Gasteiger partial charge in [-0.2, -0.15) is 0 Å². The molecule has 1 fully saturated rings. The van der Waals surface area contributed by atoms with Crippen molar-refractivity contribution >= 4 is 0 Å². The maximum Gasteiger partial charge on any atom is -0.00849 e. The second-order valence-corrected chi connectivity index (χ2v) is 5.40. The van der Waals surface area contributed by atoms with Crippen molar-refractivity contribution in [2.45, 2.75) is 52.9 Å². The summed E-state index contributed by atoms with van der Waals surface area (Å²) in [7, 11) is 0. The maximum atomic E-state index is 2.47. The van der Waals surface area contributed by atoms with E-state index in [0.717, 1.165) is 5.92 Å². The third kappa shape index (κ3) is 2.66. The highest BCUT2D eigenvalue weighted by Crippen LogP contribution is 2.30. The van der Waals surface area contributed by atoms with E-state index in [2.05, 4.69) is 39.3 Å². The number of benzene rings is 1. The van der Waals surface area contributed by atoms with Crippen molar-refractivity contribution in [3.63, 3.8) is 0 Å². The fraction of sp³-hybridized carbons (Fsp3) is 0.562. The summed E-state index contributed by atoms with van der Waals surface area (Å²) in [6.45, 7) is 6.65. The molecule has 1 aromatic rings. The van der Waals surface area contributed by atoms with Gasteiger partial charge in [0.25, 0.3) is 0 Å². The van der Waals surface area contributed by atoms with Crippen molar-refractivity contribution in [2.24, 2.45) is 5.92 Å². The highest BCUT2D eigenvalue weighted by atomic mass is 14.2. The van der Waals surface area contributed by atoms with Gasteiger partial charge in [0.1, 0.15) is 0 Å². The first kappa shape index (κ1) is 11.7.